The number of halogens is 1. The van der Waals surface area contributed by atoms with Crippen molar-refractivity contribution in [2.45, 2.75) is 13.3 Å². The van der Waals surface area contributed by atoms with Crippen LogP contribution in [-0.4, -0.2) is 23.5 Å². The number of carbonyl (C=O) groups excluding carboxylic acids is 1. The Hall–Kier alpha value is -2.01. The normalized spacial score (nSPS) is 10.6. The van der Waals surface area contributed by atoms with E-state index < -0.39 is 5.97 Å². The Bertz CT molecular complexity index is 527. The number of benzene rings is 1. The van der Waals surface area contributed by atoms with Gasteiger partial charge in [0.2, 0.25) is 5.91 Å². The molecular weight excluding hydrogens is 268 g/mol. The zero-order chi connectivity index (χ0) is 14.4. The molecule has 0 atom stereocenters. The summed E-state index contributed by atoms with van der Waals surface area (Å²) < 4.78 is 0. The van der Waals surface area contributed by atoms with Gasteiger partial charge in [-0.1, -0.05) is 23.8 Å². The molecule has 0 saturated carbocycles. The number of hydrogen-bond acceptors (Lipinski definition) is 3. The number of hydrogen-bond donors (Lipinski definition) is 3. The molecule has 5 nitrogen and oxygen atoms in total. The van der Waals surface area contributed by atoms with Gasteiger partial charge in [-0.3, -0.25) is 4.79 Å². The van der Waals surface area contributed by atoms with Crippen LogP contribution in [0.4, 0.5) is 5.69 Å². The Morgan fingerprint density at radius 1 is 1.47 bits per heavy atom. The van der Waals surface area contributed by atoms with E-state index in [1.807, 2.05) is 0 Å². The first-order valence-corrected chi connectivity index (χ1v) is 6.03. The van der Waals surface area contributed by atoms with E-state index in [4.69, 9.17) is 22.4 Å². The van der Waals surface area contributed by atoms with Crippen molar-refractivity contribution in [2.75, 3.05) is 12.3 Å². The number of anilines is 1. The molecule has 0 radical (unpaired) electrons. The molecule has 0 aliphatic carbocycles. The van der Waals surface area contributed by atoms with Crippen LogP contribution in [-0.2, 0) is 4.79 Å². The highest BCUT2D eigenvalue weighted by atomic mass is 35.5. The molecule has 1 rings (SSSR count). The fourth-order valence-corrected chi connectivity index (χ4v) is 1.72. The number of nitrogen functional groups attached to an aromatic ring is 1. The van der Waals surface area contributed by atoms with Crippen LogP contribution in [0.3, 0.4) is 0 Å². The highest BCUT2D eigenvalue weighted by molar-refractivity contribution is 6.31. The number of carbonyl (C=O) groups is 2. The number of rotatable bonds is 5. The van der Waals surface area contributed by atoms with Gasteiger partial charge in [0.15, 0.2) is 0 Å². The van der Waals surface area contributed by atoms with Crippen LogP contribution in [0.2, 0.25) is 5.02 Å². The van der Waals surface area contributed by atoms with Gasteiger partial charge in [0.1, 0.15) is 0 Å². The maximum Gasteiger partial charge on any atom is 0.337 e. The monoisotopic (exact) mass is 282 g/mol. The molecular formula is C13H15ClN2O3. The Kier molecular flexibility index (Phi) is 5.38. The highest BCUT2D eigenvalue weighted by Crippen LogP contribution is 2.24. The summed E-state index contributed by atoms with van der Waals surface area (Å²) in [6.07, 6.45) is 4.10. The largest absolute Gasteiger partial charge is 0.478 e. The van der Waals surface area contributed by atoms with E-state index in [1.54, 1.807) is 18.2 Å². The Morgan fingerprint density at radius 3 is 2.74 bits per heavy atom. The highest BCUT2D eigenvalue weighted by Gasteiger charge is 2.11. The lowest BCUT2D eigenvalue weighted by atomic mass is 10.1. The van der Waals surface area contributed by atoms with Gasteiger partial charge in [-0.2, -0.15) is 0 Å². The molecule has 6 heteroatoms. The molecule has 0 saturated heterocycles. The van der Waals surface area contributed by atoms with Crippen molar-refractivity contribution in [3.05, 3.63) is 34.4 Å². The predicted molar refractivity (Wildman–Crippen MR) is 75.2 cm³/mol. The van der Waals surface area contributed by atoms with E-state index in [1.165, 1.54) is 13.0 Å². The third-order valence-electron chi connectivity index (χ3n) is 2.39. The first-order valence-electron chi connectivity index (χ1n) is 5.65. The van der Waals surface area contributed by atoms with Crippen molar-refractivity contribution in [1.82, 2.24) is 5.32 Å². The Labute approximate surface area is 116 Å². The lowest BCUT2D eigenvalue weighted by Gasteiger charge is -2.06. The van der Waals surface area contributed by atoms with Crippen LogP contribution >= 0.6 is 11.6 Å². The molecule has 0 bridgehead atoms. The zero-order valence-corrected chi connectivity index (χ0v) is 11.2. The first-order chi connectivity index (χ1) is 8.91. The summed E-state index contributed by atoms with van der Waals surface area (Å²) in [5.41, 5.74) is 6.46. The van der Waals surface area contributed by atoms with E-state index in [-0.39, 0.29) is 17.2 Å². The van der Waals surface area contributed by atoms with Crippen molar-refractivity contribution in [3.63, 3.8) is 0 Å². The van der Waals surface area contributed by atoms with E-state index in [2.05, 4.69) is 5.32 Å². The molecule has 0 aromatic heterocycles. The standard InChI is InChI=1S/C13H15ClN2O3/c1-8(17)16-5-3-2-4-9-6-10(14)7-11(12(9)15)13(18)19/h2,4,6-7H,3,5,15H2,1H3,(H,16,17)(H,18,19). The zero-order valence-electron chi connectivity index (χ0n) is 10.4. The number of amides is 1. The molecule has 1 aromatic rings. The second-order valence-electron chi connectivity index (χ2n) is 3.94. The minimum atomic E-state index is -1.12. The van der Waals surface area contributed by atoms with Crippen molar-refractivity contribution >= 4 is 35.2 Å². The molecule has 4 N–H and O–H groups in total. The lowest BCUT2D eigenvalue weighted by molar-refractivity contribution is -0.118. The smallest absolute Gasteiger partial charge is 0.337 e. The summed E-state index contributed by atoms with van der Waals surface area (Å²) >= 11 is 5.84. The van der Waals surface area contributed by atoms with E-state index in [0.717, 1.165) is 0 Å². The average molecular weight is 283 g/mol. The molecule has 1 aromatic carbocycles. The van der Waals surface area contributed by atoms with Gasteiger partial charge in [0.25, 0.3) is 0 Å². The summed E-state index contributed by atoms with van der Waals surface area (Å²) in [6, 6.07) is 2.91. The fourth-order valence-electron chi connectivity index (χ4n) is 1.50. The second kappa shape index (κ2) is 6.80. The van der Waals surface area contributed by atoms with Gasteiger partial charge in [0.05, 0.1) is 11.3 Å². The molecule has 102 valence electrons. The van der Waals surface area contributed by atoms with Gasteiger partial charge in [0, 0.05) is 18.5 Å². The van der Waals surface area contributed by atoms with Crippen molar-refractivity contribution in [2.24, 2.45) is 0 Å². The maximum absolute atomic E-state index is 11.0. The van der Waals surface area contributed by atoms with Crippen LogP contribution in [0, 0.1) is 0 Å². The Morgan fingerprint density at radius 2 is 2.16 bits per heavy atom. The third-order valence-corrected chi connectivity index (χ3v) is 2.61. The number of aromatic carboxylic acids is 1. The minimum Gasteiger partial charge on any atom is -0.478 e. The number of carboxylic acid groups (broad SMARTS) is 1. The van der Waals surface area contributed by atoms with Crippen LogP contribution in [0.1, 0.15) is 29.3 Å². The topological polar surface area (TPSA) is 92.4 Å². The molecule has 0 spiro atoms. The molecule has 0 aliphatic heterocycles. The maximum atomic E-state index is 11.0. The van der Waals surface area contributed by atoms with Crippen LogP contribution in [0.25, 0.3) is 6.08 Å². The van der Waals surface area contributed by atoms with Crippen LogP contribution in [0.15, 0.2) is 18.2 Å². The lowest BCUT2D eigenvalue weighted by Crippen LogP contribution is -2.20. The van der Waals surface area contributed by atoms with E-state index in [9.17, 15) is 9.59 Å². The summed E-state index contributed by atoms with van der Waals surface area (Å²) in [7, 11) is 0. The predicted octanol–water partition coefficient (Wildman–Crippen LogP) is 2.16. The van der Waals surface area contributed by atoms with Gasteiger partial charge in [-0.05, 0) is 24.1 Å². The first kappa shape index (κ1) is 15.0. The van der Waals surface area contributed by atoms with Crippen molar-refractivity contribution in [1.29, 1.82) is 0 Å². The molecule has 0 unspecified atom stereocenters. The molecule has 19 heavy (non-hydrogen) atoms. The number of nitrogens with two attached hydrogens (primary N) is 1. The number of nitrogens with one attached hydrogen (secondary N) is 1. The van der Waals surface area contributed by atoms with E-state index >= 15 is 0 Å². The summed E-state index contributed by atoms with van der Waals surface area (Å²) in [5, 5.41) is 11.9. The quantitative estimate of drug-likeness (QED) is 0.570. The SMILES string of the molecule is CC(=O)NCCC=Cc1cc(Cl)cc(C(=O)O)c1N. The summed E-state index contributed by atoms with van der Waals surface area (Å²) in [4.78, 5) is 21.6. The van der Waals surface area contributed by atoms with Crippen LogP contribution in [0.5, 0.6) is 0 Å². The third kappa shape index (κ3) is 4.63. The van der Waals surface area contributed by atoms with Crippen molar-refractivity contribution in [3.8, 4) is 0 Å². The van der Waals surface area contributed by atoms with Crippen molar-refractivity contribution < 1.29 is 14.7 Å². The second-order valence-corrected chi connectivity index (χ2v) is 4.37. The fraction of sp³-hybridized carbons (Fsp3) is 0.231. The van der Waals surface area contributed by atoms with Gasteiger partial charge < -0.3 is 16.2 Å². The number of carboxylic acids is 1. The summed E-state index contributed by atoms with van der Waals surface area (Å²) in [6.45, 7) is 1.95. The Balaban J connectivity index is 2.80. The molecule has 0 heterocycles. The average Bonchev–Trinajstić information content (AvgIpc) is 2.31. The summed E-state index contributed by atoms with van der Waals surface area (Å²) in [5.74, 6) is -1.21. The van der Waals surface area contributed by atoms with E-state index in [0.29, 0.717) is 23.6 Å². The molecule has 1 amide bonds. The minimum absolute atomic E-state index is 0.0194. The van der Waals surface area contributed by atoms with Gasteiger partial charge in [-0.15, -0.1) is 0 Å². The van der Waals surface area contributed by atoms with Crippen LogP contribution < -0.4 is 11.1 Å². The van der Waals surface area contributed by atoms with Gasteiger partial charge in [-0.25, -0.2) is 4.79 Å². The van der Waals surface area contributed by atoms with Gasteiger partial charge >= 0.3 is 5.97 Å². The molecule has 0 fully saturated rings. The molecule has 0 aliphatic rings.